The van der Waals surface area contributed by atoms with E-state index in [1.807, 2.05) is 13.0 Å². The Hall–Kier alpha value is -0.380. The van der Waals surface area contributed by atoms with Gasteiger partial charge in [0, 0.05) is 11.6 Å². The van der Waals surface area contributed by atoms with E-state index in [0.29, 0.717) is 6.61 Å². The second kappa shape index (κ2) is 4.74. The van der Waals surface area contributed by atoms with Crippen molar-refractivity contribution in [2.24, 2.45) is 5.73 Å². The van der Waals surface area contributed by atoms with Gasteiger partial charge in [-0.1, -0.05) is 22.0 Å². The number of hydrogen-bond acceptors (Lipinski definition) is 2. The summed E-state index contributed by atoms with van der Waals surface area (Å²) in [7, 11) is 1.66. The summed E-state index contributed by atoms with van der Waals surface area (Å²) >= 11 is 3.44. The molecule has 72 valence electrons. The van der Waals surface area contributed by atoms with Crippen LogP contribution in [-0.4, -0.2) is 13.7 Å². The molecule has 1 aromatic carbocycles. The molecule has 0 saturated carbocycles. The Labute approximate surface area is 87.2 Å². The van der Waals surface area contributed by atoms with Crippen molar-refractivity contribution in [3.8, 4) is 0 Å². The van der Waals surface area contributed by atoms with Crippen molar-refractivity contribution in [2.45, 2.75) is 13.0 Å². The highest BCUT2D eigenvalue weighted by Crippen LogP contribution is 2.19. The molecule has 0 aromatic heterocycles. The predicted octanol–water partition coefficient (Wildman–Crippen LogP) is 2.40. The summed E-state index contributed by atoms with van der Waals surface area (Å²) in [5.41, 5.74) is 8.21. The molecule has 2 N–H and O–H groups in total. The maximum absolute atomic E-state index is 5.90. The van der Waals surface area contributed by atoms with Gasteiger partial charge in [-0.3, -0.25) is 0 Å². The van der Waals surface area contributed by atoms with Crippen molar-refractivity contribution in [3.63, 3.8) is 0 Å². The molecule has 0 unspecified atom stereocenters. The van der Waals surface area contributed by atoms with E-state index in [1.165, 1.54) is 5.56 Å². The van der Waals surface area contributed by atoms with Gasteiger partial charge >= 0.3 is 0 Å². The number of rotatable bonds is 3. The lowest BCUT2D eigenvalue weighted by molar-refractivity contribution is 0.181. The Kier molecular flexibility index (Phi) is 3.90. The van der Waals surface area contributed by atoms with Crippen molar-refractivity contribution < 1.29 is 4.74 Å². The van der Waals surface area contributed by atoms with Gasteiger partial charge in [0.2, 0.25) is 0 Å². The number of methoxy groups -OCH3 is 1. The Bertz CT molecular complexity index is 268. The molecule has 0 spiro atoms. The standard InChI is InChI=1S/C10H14BrNO/c1-7-3-8(5-9(11)4-7)10(12)6-13-2/h3-5,10H,6,12H2,1-2H3/t10-/m0/s1. The van der Waals surface area contributed by atoms with E-state index >= 15 is 0 Å². The minimum absolute atomic E-state index is 0.0406. The first-order valence-corrected chi connectivity index (χ1v) is 4.94. The monoisotopic (exact) mass is 243 g/mol. The Balaban J connectivity index is 2.87. The Morgan fingerprint density at radius 2 is 2.15 bits per heavy atom. The number of benzene rings is 1. The highest BCUT2D eigenvalue weighted by Gasteiger charge is 2.06. The van der Waals surface area contributed by atoms with Crippen LogP contribution in [0.25, 0.3) is 0 Å². The van der Waals surface area contributed by atoms with Crippen LogP contribution in [0.4, 0.5) is 0 Å². The Morgan fingerprint density at radius 1 is 1.46 bits per heavy atom. The fourth-order valence-electron chi connectivity index (χ4n) is 1.25. The topological polar surface area (TPSA) is 35.2 Å². The molecule has 0 amide bonds. The molecule has 0 aliphatic rings. The second-order valence-corrected chi connectivity index (χ2v) is 4.04. The van der Waals surface area contributed by atoms with Crippen LogP contribution in [0, 0.1) is 6.92 Å². The molecule has 0 heterocycles. The van der Waals surface area contributed by atoms with Gasteiger partial charge in [-0.2, -0.15) is 0 Å². The lowest BCUT2D eigenvalue weighted by Gasteiger charge is -2.11. The minimum atomic E-state index is -0.0406. The minimum Gasteiger partial charge on any atom is -0.383 e. The van der Waals surface area contributed by atoms with Crippen LogP contribution in [0.1, 0.15) is 17.2 Å². The maximum atomic E-state index is 5.90. The third-order valence-corrected chi connectivity index (χ3v) is 2.30. The molecule has 0 bridgehead atoms. The molecule has 0 radical (unpaired) electrons. The normalized spacial score (nSPS) is 12.9. The molecule has 1 atom stereocenters. The second-order valence-electron chi connectivity index (χ2n) is 3.12. The van der Waals surface area contributed by atoms with Gasteiger partial charge in [-0.15, -0.1) is 0 Å². The van der Waals surface area contributed by atoms with Crippen molar-refractivity contribution in [1.82, 2.24) is 0 Å². The molecule has 0 aliphatic heterocycles. The van der Waals surface area contributed by atoms with Crippen LogP contribution < -0.4 is 5.73 Å². The van der Waals surface area contributed by atoms with Gasteiger partial charge in [0.15, 0.2) is 0 Å². The zero-order chi connectivity index (χ0) is 9.84. The fraction of sp³-hybridized carbons (Fsp3) is 0.400. The van der Waals surface area contributed by atoms with Crippen LogP contribution in [-0.2, 0) is 4.74 Å². The molecule has 13 heavy (non-hydrogen) atoms. The number of halogens is 1. The SMILES string of the molecule is COC[C@H](N)c1cc(C)cc(Br)c1. The van der Waals surface area contributed by atoms with Crippen molar-refractivity contribution in [1.29, 1.82) is 0 Å². The maximum Gasteiger partial charge on any atom is 0.0655 e. The summed E-state index contributed by atoms with van der Waals surface area (Å²) in [4.78, 5) is 0. The summed E-state index contributed by atoms with van der Waals surface area (Å²) < 4.78 is 6.06. The summed E-state index contributed by atoms with van der Waals surface area (Å²) in [5, 5.41) is 0. The lowest BCUT2D eigenvalue weighted by atomic mass is 10.1. The first-order valence-electron chi connectivity index (χ1n) is 4.15. The van der Waals surface area contributed by atoms with E-state index in [0.717, 1.165) is 10.0 Å². The van der Waals surface area contributed by atoms with Crippen LogP contribution in [0.5, 0.6) is 0 Å². The quantitative estimate of drug-likeness (QED) is 0.886. The molecule has 1 aromatic rings. The van der Waals surface area contributed by atoms with E-state index in [4.69, 9.17) is 10.5 Å². The van der Waals surface area contributed by atoms with Gasteiger partial charge in [0.1, 0.15) is 0 Å². The van der Waals surface area contributed by atoms with E-state index in [2.05, 4.69) is 28.1 Å². The summed E-state index contributed by atoms with van der Waals surface area (Å²) in [6, 6.07) is 6.12. The first kappa shape index (κ1) is 10.7. The number of aryl methyl sites for hydroxylation is 1. The zero-order valence-electron chi connectivity index (χ0n) is 7.88. The van der Waals surface area contributed by atoms with Crippen LogP contribution >= 0.6 is 15.9 Å². The highest BCUT2D eigenvalue weighted by atomic mass is 79.9. The van der Waals surface area contributed by atoms with E-state index in [-0.39, 0.29) is 6.04 Å². The van der Waals surface area contributed by atoms with Crippen LogP contribution in [0.15, 0.2) is 22.7 Å². The zero-order valence-corrected chi connectivity index (χ0v) is 9.47. The third-order valence-electron chi connectivity index (χ3n) is 1.84. The largest absolute Gasteiger partial charge is 0.383 e. The number of hydrogen-bond donors (Lipinski definition) is 1. The van der Waals surface area contributed by atoms with E-state index in [1.54, 1.807) is 7.11 Å². The first-order chi connectivity index (χ1) is 6.13. The average molecular weight is 244 g/mol. The third kappa shape index (κ3) is 3.10. The van der Waals surface area contributed by atoms with Gasteiger partial charge < -0.3 is 10.5 Å². The predicted molar refractivity (Wildman–Crippen MR) is 57.7 cm³/mol. The molecular formula is C10H14BrNO. The number of nitrogens with two attached hydrogens (primary N) is 1. The fourth-order valence-corrected chi connectivity index (χ4v) is 1.88. The smallest absolute Gasteiger partial charge is 0.0655 e. The Morgan fingerprint density at radius 3 is 2.69 bits per heavy atom. The molecule has 1 rings (SSSR count). The van der Waals surface area contributed by atoms with Crippen LogP contribution in [0.2, 0.25) is 0 Å². The molecule has 3 heteroatoms. The van der Waals surface area contributed by atoms with E-state index < -0.39 is 0 Å². The van der Waals surface area contributed by atoms with Gasteiger partial charge in [-0.25, -0.2) is 0 Å². The molecule has 2 nitrogen and oxygen atoms in total. The highest BCUT2D eigenvalue weighted by molar-refractivity contribution is 9.10. The van der Waals surface area contributed by atoms with Crippen molar-refractivity contribution in [2.75, 3.05) is 13.7 Å². The average Bonchev–Trinajstić information content (AvgIpc) is 2.03. The van der Waals surface area contributed by atoms with Gasteiger partial charge in [-0.05, 0) is 30.2 Å². The molecule has 0 fully saturated rings. The van der Waals surface area contributed by atoms with E-state index in [9.17, 15) is 0 Å². The number of ether oxygens (including phenoxy) is 1. The van der Waals surface area contributed by atoms with Gasteiger partial charge in [0.05, 0.1) is 12.6 Å². The molecule has 0 aliphatic carbocycles. The summed E-state index contributed by atoms with van der Waals surface area (Å²) in [6.07, 6.45) is 0. The van der Waals surface area contributed by atoms with Crippen molar-refractivity contribution >= 4 is 15.9 Å². The molecule has 0 saturated heterocycles. The van der Waals surface area contributed by atoms with Gasteiger partial charge in [0.25, 0.3) is 0 Å². The molecular weight excluding hydrogens is 230 g/mol. The van der Waals surface area contributed by atoms with Crippen LogP contribution in [0.3, 0.4) is 0 Å². The summed E-state index contributed by atoms with van der Waals surface area (Å²) in [6.45, 7) is 2.60. The lowest BCUT2D eigenvalue weighted by Crippen LogP contribution is -2.16. The van der Waals surface area contributed by atoms with Crippen molar-refractivity contribution in [3.05, 3.63) is 33.8 Å². The summed E-state index contributed by atoms with van der Waals surface area (Å²) in [5.74, 6) is 0.